The van der Waals surface area contributed by atoms with Gasteiger partial charge in [0.2, 0.25) is 0 Å². The third kappa shape index (κ3) is 3.95. The van der Waals surface area contributed by atoms with E-state index in [1.165, 1.54) is 12.1 Å². The van der Waals surface area contributed by atoms with Gasteiger partial charge in [-0.25, -0.2) is 4.39 Å². The molecule has 1 atom stereocenters. The summed E-state index contributed by atoms with van der Waals surface area (Å²) in [6.45, 7) is 4.32. The molecule has 0 saturated carbocycles. The van der Waals surface area contributed by atoms with Gasteiger partial charge in [-0.15, -0.1) is 0 Å². The van der Waals surface area contributed by atoms with Crippen molar-refractivity contribution < 1.29 is 9.13 Å². The Bertz CT molecular complexity index is 304. The topological polar surface area (TPSA) is 47.3 Å². The minimum atomic E-state index is -0.266. The van der Waals surface area contributed by atoms with Crippen molar-refractivity contribution in [2.45, 2.75) is 26.0 Å². The highest BCUT2D eigenvalue weighted by Gasteiger charge is 2.11. The summed E-state index contributed by atoms with van der Waals surface area (Å²) in [6.07, 6.45) is 0.134. The molecule has 0 saturated heterocycles. The van der Waals surface area contributed by atoms with Gasteiger partial charge in [-0.05, 0) is 31.5 Å². The lowest BCUT2D eigenvalue weighted by atomic mass is 10.1. The second-order valence-corrected chi connectivity index (χ2v) is 3.66. The van der Waals surface area contributed by atoms with Crippen molar-refractivity contribution in [3.05, 3.63) is 35.6 Å². The monoisotopic (exact) mass is 212 g/mol. The predicted octanol–water partition coefficient (Wildman–Crippen LogP) is 1.76. The maximum absolute atomic E-state index is 13.0. The van der Waals surface area contributed by atoms with Gasteiger partial charge >= 0.3 is 0 Å². The Morgan fingerprint density at radius 2 is 2.20 bits per heavy atom. The zero-order chi connectivity index (χ0) is 11.3. The lowest BCUT2D eigenvalue weighted by Gasteiger charge is -2.18. The van der Waals surface area contributed by atoms with Crippen molar-refractivity contribution in [1.29, 1.82) is 0 Å². The summed E-state index contributed by atoms with van der Waals surface area (Å²) in [5, 5.41) is 0. The number of hydrazine groups is 1. The van der Waals surface area contributed by atoms with Crippen LogP contribution in [0.3, 0.4) is 0 Å². The maximum Gasteiger partial charge on any atom is 0.123 e. The lowest BCUT2D eigenvalue weighted by molar-refractivity contribution is 0.0611. The average Bonchev–Trinajstić information content (AvgIpc) is 2.18. The van der Waals surface area contributed by atoms with E-state index >= 15 is 0 Å². The Morgan fingerprint density at radius 1 is 1.47 bits per heavy atom. The Balaban J connectivity index is 2.65. The fraction of sp³-hybridized carbons (Fsp3) is 0.455. The van der Waals surface area contributed by atoms with Crippen molar-refractivity contribution in [3.63, 3.8) is 0 Å². The number of ether oxygens (including phenoxy) is 1. The smallest absolute Gasteiger partial charge is 0.123 e. The highest BCUT2D eigenvalue weighted by molar-refractivity contribution is 5.20. The van der Waals surface area contributed by atoms with Crippen LogP contribution in [-0.2, 0) is 4.74 Å². The largest absolute Gasteiger partial charge is 0.377 e. The summed E-state index contributed by atoms with van der Waals surface area (Å²) in [4.78, 5) is 0. The number of halogens is 1. The van der Waals surface area contributed by atoms with Gasteiger partial charge in [0.1, 0.15) is 5.82 Å². The fourth-order valence-electron chi connectivity index (χ4n) is 1.25. The minimum Gasteiger partial charge on any atom is -0.377 e. The van der Waals surface area contributed by atoms with E-state index in [1.807, 2.05) is 19.9 Å². The van der Waals surface area contributed by atoms with E-state index in [0.29, 0.717) is 6.61 Å². The normalized spacial score (nSPS) is 13.1. The van der Waals surface area contributed by atoms with Crippen LogP contribution in [0.2, 0.25) is 0 Å². The summed E-state index contributed by atoms with van der Waals surface area (Å²) < 4.78 is 18.4. The van der Waals surface area contributed by atoms with Crippen LogP contribution in [0.25, 0.3) is 0 Å². The molecular weight excluding hydrogens is 195 g/mol. The molecule has 84 valence electrons. The van der Waals surface area contributed by atoms with Crippen LogP contribution >= 0.6 is 0 Å². The van der Waals surface area contributed by atoms with Gasteiger partial charge in [0.25, 0.3) is 0 Å². The first kappa shape index (κ1) is 12.1. The molecule has 0 bridgehead atoms. The molecule has 0 fully saturated rings. The molecule has 0 aliphatic carbocycles. The summed E-state index contributed by atoms with van der Waals surface area (Å²) in [6, 6.07) is 6.15. The van der Waals surface area contributed by atoms with Gasteiger partial charge in [-0.3, -0.25) is 11.3 Å². The Hall–Kier alpha value is -0.970. The molecule has 15 heavy (non-hydrogen) atoms. The molecule has 0 aliphatic rings. The Morgan fingerprint density at radius 3 is 2.73 bits per heavy atom. The second kappa shape index (κ2) is 5.80. The van der Waals surface area contributed by atoms with E-state index in [9.17, 15) is 4.39 Å². The first-order valence-corrected chi connectivity index (χ1v) is 4.96. The third-order valence-electron chi connectivity index (χ3n) is 2.05. The molecule has 1 aromatic rings. The minimum absolute atomic E-state index is 0.134. The van der Waals surface area contributed by atoms with Crippen molar-refractivity contribution in [2.24, 2.45) is 5.84 Å². The standard InChI is InChI=1S/C11H17FN2O/c1-8(2)15-7-11(14-13)9-4-3-5-10(12)6-9/h3-6,8,11,14H,7,13H2,1-2H3. The first-order valence-electron chi connectivity index (χ1n) is 4.96. The number of hydrogen-bond donors (Lipinski definition) is 2. The van der Waals surface area contributed by atoms with E-state index in [4.69, 9.17) is 10.6 Å². The van der Waals surface area contributed by atoms with Gasteiger partial charge in [0.05, 0.1) is 18.8 Å². The highest BCUT2D eigenvalue weighted by Crippen LogP contribution is 2.14. The summed E-state index contributed by atoms with van der Waals surface area (Å²) in [5.41, 5.74) is 3.40. The number of nitrogens with one attached hydrogen (secondary N) is 1. The summed E-state index contributed by atoms with van der Waals surface area (Å²) >= 11 is 0. The Kier molecular flexibility index (Phi) is 4.68. The molecule has 0 spiro atoms. The quantitative estimate of drug-likeness (QED) is 0.577. The van der Waals surface area contributed by atoms with Gasteiger partial charge < -0.3 is 4.74 Å². The number of nitrogens with two attached hydrogens (primary N) is 1. The Labute approximate surface area is 89.4 Å². The zero-order valence-corrected chi connectivity index (χ0v) is 9.03. The van der Waals surface area contributed by atoms with Crippen molar-refractivity contribution in [3.8, 4) is 0 Å². The van der Waals surface area contributed by atoms with E-state index in [2.05, 4.69) is 5.43 Å². The van der Waals surface area contributed by atoms with Gasteiger partial charge in [0.15, 0.2) is 0 Å². The first-order chi connectivity index (χ1) is 7.13. The molecule has 1 unspecified atom stereocenters. The van der Waals surface area contributed by atoms with Gasteiger partial charge in [-0.2, -0.15) is 0 Å². The van der Waals surface area contributed by atoms with E-state index < -0.39 is 0 Å². The van der Waals surface area contributed by atoms with Gasteiger partial charge in [-0.1, -0.05) is 12.1 Å². The molecule has 0 radical (unpaired) electrons. The predicted molar refractivity (Wildman–Crippen MR) is 57.6 cm³/mol. The molecule has 0 amide bonds. The SMILES string of the molecule is CC(C)OCC(NN)c1cccc(F)c1. The molecule has 0 aromatic heterocycles. The lowest BCUT2D eigenvalue weighted by Crippen LogP contribution is -2.32. The van der Waals surface area contributed by atoms with Crippen molar-refractivity contribution in [1.82, 2.24) is 5.43 Å². The third-order valence-corrected chi connectivity index (χ3v) is 2.05. The van der Waals surface area contributed by atoms with Gasteiger partial charge in [0, 0.05) is 0 Å². The number of rotatable bonds is 5. The average molecular weight is 212 g/mol. The molecule has 4 heteroatoms. The second-order valence-electron chi connectivity index (χ2n) is 3.66. The van der Waals surface area contributed by atoms with Crippen LogP contribution in [0.5, 0.6) is 0 Å². The van der Waals surface area contributed by atoms with Crippen molar-refractivity contribution >= 4 is 0 Å². The van der Waals surface area contributed by atoms with Crippen LogP contribution in [0.1, 0.15) is 25.5 Å². The molecule has 3 nitrogen and oxygen atoms in total. The molecular formula is C11H17FN2O. The van der Waals surface area contributed by atoms with Crippen LogP contribution in [-0.4, -0.2) is 12.7 Å². The van der Waals surface area contributed by atoms with E-state index in [1.54, 1.807) is 6.07 Å². The van der Waals surface area contributed by atoms with Crippen LogP contribution in [0.4, 0.5) is 4.39 Å². The molecule has 1 aromatic carbocycles. The van der Waals surface area contributed by atoms with E-state index in [0.717, 1.165) is 5.56 Å². The van der Waals surface area contributed by atoms with Crippen LogP contribution < -0.4 is 11.3 Å². The summed E-state index contributed by atoms with van der Waals surface area (Å²) in [7, 11) is 0. The molecule has 0 heterocycles. The highest BCUT2D eigenvalue weighted by atomic mass is 19.1. The molecule has 0 aliphatic heterocycles. The molecule has 1 rings (SSSR count). The fourth-order valence-corrected chi connectivity index (χ4v) is 1.25. The van der Waals surface area contributed by atoms with E-state index in [-0.39, 0.29) is 18.0 Å². The summed E-state index contributed by atoms with van der Waals surface area (Å²) in [5.74, 6) is 5.12. The number of benzene rings is 1. The maximum atomic E-state index is 13.0. The van der Waals surface area contributed by atoms with Crippen molar-refractivity contribution in [2.75, 3.05) is 6.61 Å². The van der Waals surface area contributed by atoms with Crippen LogP contribution in [0, 0.1) is 5.82 Å². The van der Waals surface area contributed by atoms with Crippen LogP contribution in [0.15, 0.2) is 24.3 Å². The number of hydrogen-bond acceptors (Lipinski definition) is 3. The molecule has 3 N–H and O–H groups in total. The zero-order valence-electron chi connectivity index (χ0n) is 9.03.